The van der Waals surface area contributed by atoms with Crippen molar-refractivity contribution in [2.45, 2.75) is 0 Å². The Morgan fingerprint density at radius 1 is 1.33 bits per heavy atom. The first-order valence-corrected chi connectivity index (χ1v) is 5.78. The number of aromatic nitrogens is 1. The molecule has 2 aromatic rings. The second kappa shape index (κ2) is 5.10. The van der Waals surface area contributed by atoms with Crippen molar-refractivity contribution < 1.29 is 14.0 Å². The lowest BCUT2D eigenvalue weighted by Gasteiger charge is -2.08. The van der Waals surface area contributed by atoms with Crippen molar-refractivity contribution >= 4 is 15.9 Å². The highest BCUT2D eigenvalue weighted by Crippen LogP contribution is 2.38. The fraction of sp³-hybridized carbons (Fsp3) is 0.167. The Morgan fingerprint density at radius 3 is 2.67 bits per heavy atom. The molecule has 1 aromatic heterocycles. The Hall–Kier alpha value is -2.00. The van der Waals surface area contributed by atoms with Gasteiger partial charge >= 0.3 is 0 Å². The molecule has 1 heterocycles. The summed E-state index contributed by atoms with van der Waals surface area (Å²) in [4.78, 5) is 0. The molecule has 0 atom stereocenters. The molecule has 0 N–H and O–H groups in total. The topological polar surface area (TPSA) is 68.3 Å². The summed E-state index contributed by atoms with van der Waals surface area (Å²) in [7, 11) is 3.13. The standard InChI is InChI=1S/C12H9BrN2O3/c1-16-7-3-4-8(10(5-7)17-2)12-11(13)9(6-14)15-18-12/h3-5H,1-2H3. The molecule has 0 fully saturated rings. The molecule has 6 heteroatoms. The number of hydrogen-bond acceptors (Lipinski definition) is 5. The Bertz CT molecular complexity index is 616. The van der Waals surface area contributed by atoms with E-state index in [1.165, 1.54) is 0 Å². The van der Waals surface area contributed by atoms with Gasteiger partial charge in [0, 0.05) is 6.07 Å². The highest BCUT2D eigenvalue weighted by molar-refractivity contribution is 9.10. The lowest BCUT2D eigenvalue weighted by molar-refractivity contribution is 0.391. The maximum Gasteiger partial charge on any atom is 0.198 e. The Labute approximate surface area is 112 Å². The van der Waals surface area contributed by atoms with Crippen molar-refractivity contribution in [3.05, 3.63) is 28.4 Å². The first-order chi connectivity index (χ1) is 8.71. The molecule has 0 aliphatic rings. The summed E-state index contributed by atoms with van der Waals surface area (Å²) in [6.07, 6.45) is 0. The molecule has 0 aliphatic heterocycles. The van der Waals surface area contributed by atoms with E-state index in [1.807, 2.05) is 6.07 Å². The molecule has 92 valence electrons. The van der Waals surface area contributed by atoms with Crippen molar-refractivity contribution in [3.63, 3.8) is 0 Å². The van der Waals surface area contributed by atoms with Gasteiger partial charge in [-0.05, 0) is 28.1 Å². The third-order valence-electron chi connectivity index (χ3n) is 2.39. The van der Waals surface area contributed by atoms with E-state index in [9.17, 15) is 0 Å². The second-order valence-electron chi connectivity index (χ2n) is 3.35. The van der Waals surface area contributed by atoms with Gasteiger partial charge in [-0.2, -0.15) is 5.26 Å². The number of nitriles is 1. The zero-order valence-corrected chi connectivity index (χ0v) is 11.3. The number of methoxy groups -OCH3 is 2. The summed E-state index contributed by atoms with van der Waals surface area (Å²) in [6.45, 7) is 0. The maximum absolute atomic E-state index is 8.83. The van der Waals surface area contributed by atoms with E-state index in [0.717, 1.165) is 0 Å². The van der Waals surface area contributed by atoms with Gasteiger partial charge < -0.3 is 14.0 Å². The molecule has 5 nitrogen and oxygen atoms in total. The summed E-state index contributed by atoms with van der Waals surface area (Å²) < 4.78 is 16.0. The predicted octanol–water partition coefficient (Wildman–Crippen LogP) is 2.99. The normalized spacial score (nSPS) is 9.89. The number of ether oxygens (including phenoxy) is 2. The van der Waals surface area contributed by atoms with Crippen molar-refractivity contribution in [2.24, 2.45) is 0 Å². The minimum atomic E-state index is 0.197. The molecule has 0 unspecified atom stereocenters. The van der Waals surface area contributed by atoms with Gasteiger partial charge in [0.25, 0.3) is 0 Å². The van der Waals surface area contributed by atoms with Crippen LogP contribution in [0.25, 0.3) is 11.3 Å². The van der Waals surface area contributed by atoms with E-state index in [-0.39, 0.29) is 5.69 Å². The Balaban J connectivity index is 2.57. The van der Waals surface area contributed by atoms with Crippen LogP contribution in [0.15, 0.2) is 27.2 Å². The predicted molar refractivity (Wildman–Crippen MR) is 67.5 cm³/mol. The average molecular weight is 309 g/mol. The fourth-order valence-corrected chi connectivity index (χ4v) is 1.95. The zero-order valence-electron chi connectivity index (χ0n) is 9.73. The molecule has 2 rings (SSSR count). The van der Waals surface area contributed by atoms with Crippen LogP contribution < -0.4 is 9.47 Å². The van der Waals surface area contributed by atoms with Crippen molar-refractivity contribution in [1.82, 2.24) is 5.16 Å². The number of rotatable bonds is 3. The molecule has 0 aliphatic carbocycles. The van der Waals surface area contributed by atoms with Gasteiger partial charge in [-0.25, -0.2) is 0 Å². The fourth-order valence-electron chi connectivity index (χ4n) is 1.50. The molecule has 0 bridgehead atoms. The van der Waals surface area contributed by atoms with Crippen molar-refractivity contribution in [3.8, 4) is 28.9 Å². The summed E-state index contributed by atoms with van der Waals surface area (Å²) in [5, 5.41) is 12.5. The summed E-state index contributed by atoms with van der Waals surface area (Å²) in [5.41, 5.74) is 0.891. The second-order valence-corrected chi connectivity index (χ2v) is 4.15. The third-order valence-corrected chi connectivity index (χ3v) is 3.13. The van der Waals surface area contributed by atoms with E-state index in [1.54, 1.807) is 32.4 Å². The summed E-state index contributed by atoms with van der Waals surface area (Å²) >= 11 is 3.28. The van der Waals surface area contributed by atoms with Crippen LogP contribution in [-0.4, -0.2) is 19.4 Å². The van der Waals surface area contributed by atoms with E-state index in [4.69, 9.17) is 19.3 Å². The van der Waals surface area contributed by atoms with Crippen LogP contribution in [0.4, 0.5) is 0 Å². The van der Waals surface area contributed by atoms with Crippen LogP contribution in [0, 0.1) is 11.3 Å². The Kier molecular flexibility index (Phi) is 3.53. The summed E-state index contributed by atoms with van der Waals surface area (Å²) in [5.74, 6) is 1.70. The van der Waals surface area contributed by atoms with Crippen LogP contribution in [0.5, 0.6) is 11.5 Å². The van der Waals surface area contributed by atoms with E-state index in [0.29, 0.717) is 27.3 Å². The molecule has 0 radical (unpaired) electrons. The number of benzene rings is 1. The first-order valence-electron chi connectivity index (χ1n) is 4.99. The monoisotopic (exact) mass is 308 g/mol. The third kappa shape index (κ3) is 2.05. The van der Waals surface area contributed by atoms with Gasteiger partial charge in [-0.1, -0.05) is 5.16 Å². The van der Waals surface area contributed by atoms with Gasteiger partial charge in [0.15, 0.2) is 11.5 Å². The molecular weight excluding hydrogens is 300 g/mol. The van der Waals surface area contributed by atoms with Crippen LogP contribution >= 0.6 is 15.9 Å². The highest BCUT2D eigenvalue weighted by Gasteiger charge is 2.18. The zero-order chi connectivity index (χ0) is 13.1. The molecule has 0 saturated heterocycles. The molecular formula is C12H9BrN2O3. The van der Waals surface area contributed by atoms with Crippen LogP contribution in [0.3, 0.4) is 0 Å². The van der Waals surface area contributed by atoms with Crippen LogP contribution in [-0.2, 0) is 0 Å². The quantitative estimate of drug-likeness (QED) is 0.872. The van der Waals surface area contributed by atoms with Gasteiger partial charge in [0.2, 0.25) is 0 Å². The minimum absolute atomic E-state index is 0.197. The first kappa shape index (κ1) is 12.5. The van der Waals surface area contributed by atoms with Crippen LogP contribution in [0.2, 0.25) is 0 Å². The number of nitrogens with zero attached hydrogens (tertiary/aromatic N) is 2. The minimum Gasteiger partial charge on any atom is -0.497 e. The maximum atomic E-state index is 8.83. The molecule has 0 saturated carbocycles. The largest absolute Gasteiger partial charge is 0.497 e. The smallest absolute Gasteiger partial charge is 0.198 e. The molecule has 18 heavy (non-hydrogen) atoms. The van der Waals surface area contributed by atoms with Crippen molar-refractivity contribution in [2.75, 3.05) is 14.2 Å². The van der Waals surface area contributed by atoms with Gasteiger partial charge in [0.05, 0.1) is 19.8 Å². The average Bonchev–Trinajstić information content (AvgIpc) is 2.78. The Morgan fingerprint density at radius 2 is 2.11 bits per heavy atom. The highest BCUT2D eigenvalue weighted by atomic mass is 79.9. The molecule has 0 spiro atoms. The SMILES string of the molecule is COc1ccc(-c2onc(C#N)c2Br)c(OC)c1. The van der Waals surface area contributed by atoms with Gasteiger partial charge in [-0.3, -0.25) is 0 Å². The lowest BCUT2D eigenvalue weighted by atomic mass is 10.1. The molecule has 0 amide bonds. The number of halogens is 1. The van der Waals surface area contributed by atoms with E-state index in [2.05, 4.69) is 21.1 Å². The number of hydrogen-bond donors (Lipinski definition) is 0. The van der Waals surface area contributed by atoms with E-state index < -0.39 is 0 Å². The van der Waals surface area contributed by atoms with Crippen LogP contribution in [0.1, 0.15) is 5.69 Å². The lowest BCUT2D eigenvalue weighted by Crippen LogP contribution is -1.90. The van der Waals surface area contributed by atoms with Crippen molar-refractivity contribution in [1.29, 1.82) is 5.26 Å². The van der Waals surface area contributed by atoms with Gasteiger partial charge in [0.1, 0.15) is 22.0 Å². The summed E-state index contributed by atoms with van der Waals surface area (Å²) in [6, 6.07) is 7.22. The van der Waals surface area contributed by atoms with E-state index >= 15 is 0 Å². The van der Waals surface area contributed by atoms with Gasteiger partial charge in [-0.15, -0.1) is 0 Å². The molecule has 1 aromatic carbocycles.